The Bertz CT molecular complexity index is 755. The third-order valence-corrected chi connectivity index (χ3v) is 5.30. The van der Waals surface area contributed by atoms with Gasteiger partial charge in [-0.05, 0) is 42.5 Å². The summed E-state index contributed by atoms with van der Waals surface area (Å²) in [5.74, 6) is 2.10. The Morgan fingerprint density at radius 2 is 1.85 bits per heavy atom. The molecular weight excluding hydrogens is 338 g/mol. The third-order valence-electron chi connectivity index (χ3n) is 5.30. The van der Waals surface area contributed by atoms with Gasteiger partial charge in [0.05, 0.1) is 6.54 Å². The van der Waals surface area contributed by atoms with E-state index in [0.29, 0.717) is 6.61 Å². The normalized spacial score (nSPS) is 18.6. The molecule has 2 aromatic rings. The first-order valence-electron chi connectivity index (χ1n) is 9.80. The molecule has 1 unspecified atom stereocenters. The van der Waals surface area contributed by atoms with Gasteiger partial charge in [0.2, 0.25) is 0 Å². The highest BCUT2D eigenvalue weighted by Crippen LogP contribution is 2.26. The summed E-state index contributed by atoms with van der Waals surface area (Å²) < 4.78 is 10.9. The predicted octanol–water partition coefficient (Wildman–Crippen LogP) is 4.82. The molecule has 1 aromatic carbocycles. The molecule has 3 rings (SSSR count). The molecule has 1 aliphatic rings. The van der Waals surface area contributed by atoms with Gasteiger partial charge in [-0.2, -0.15) is 0 Å². The summed E-state index contributed by atoms with van der Waals surface area (Å²) in [5.41, 5.74) is 2.19. The van der Waals surface area contributed by atoms with Crippen LogP contribution in [0.25, 0.3) is 0 Å². The summed E-state index contributed by atoms with van der Waals surface area (Å²) in [6, 6.07) is 12.1. The molecule has 4 heteroatoms. The fraction of sp³-hybridized carbons (Fsp3) is 0.522. The molecule has 0 spiro atoms. The van der Waals surface area contributed by atoms with Gasteiger partial charge in [0.15, 0.2) is 5.78 Å². The predicted molar refractivity (Wildman–Crippen MR) is 107 cm³/mol. The minimum Gasteiger partial charge on any atom is -0.462 e. The highest BCUT2D eigenvalue weighted by molar-refractivity contribution is 5.98. The number of Topliss-reactive ketones (excluding diaryl/α,β-unsaturated/α-hetero) is 1. The molecule has 146 valence electrons. The van der Waals surface area contributed by atoms with E-state index in [0.717, 1.165) is 49.6 Å². The molecule has 1 fully saturated rings. The number of benzene rings is 1. The molecule has 1 aromatic heterocycles. The summed E-state index contributed by atoms with van der Waals surface area (Å²) in [4.78, 5) is 15.3. The number of furan rings is 1. The van der Waals surface area contributed by atoms with Crippen molar-refractivity contribution in [2.45, 2.75) is 52.2 Å². The van der Waals surface area contributed by atoms with Crippen molar-refractivity contribution in [3.8, 4) is 0 Å². The lowest BCUT2D eigenvalue weighted by atomic mass is 9.85. The lowest BCUT2D eigenvalue weighted by molar-refractivity contribution is 0.0800. The SMILES string of the molecule is COCc1ccc(CN2CCCC(C(=O)c3ccc(C(C)(C)C)cc3)C2)o1. The maximum Gasteiger partial charge on any atom is 0.167 e. The molecule has 0 amide bonds. The molecule has 4 nitrogen and oxygen atoms in total. The minimum atomic E-state index is 0.0626. The Labute approximate surface area is 162 Å². The second kappa shape index (κ2) is 8.41. The summed E-state index contributed by atoms with van der Waals surface area (Å²) in [7, 11) is 1.66. The zero-order valence-electron chi connectivity index (χ0n) is 17.0. The van der Waals surface area contributed by atoms with Crippen molar-refractivity contribution in [3.63, 3.8) is 0 Å². The average Bonchev–Trinajstić information content (AvgIpc) is 3.08. The summed E-state index contributed by atoms with van der Waals surface area (Å²) >= 11 is 0. The zero-order chi connectivity index (χ0) is 19.4. The van der Waals surface area contributed by atoms with Gasteiger partial charge in [-0.15, -0.1) is 0 Å². The topological polar surface area (TPSA) is 42.7 Å². The van der Waals surface area contributed by atoms with Crippen LogP contribution < -0.4 is 0 Å². The molecule has 1 saturated heterocycles. The van der Waals surface area contributed by atoms with Crippen LogP contribution in [0.4, 0.5) is 0 Å². The lowest BCUT2D eigenvalue weighted by Crippen LogP contribution is -2.38. The second-order valence-corrected chi connectivity index (χ2v) is 8.57. The number of methoxy groups -OCH3 is 1. The fourth-order valence-corrected chi connectivity index (χ4v) is 3.73. The van der Waals surface area contributed by atoms with E-state index in [1.807, 2.05) is 24.3 Å². The van der Waals surface area contributed by atoms with Gasteiger partial charge in [0, 0.05) is 25.1 Å². The number of ketones is 1. The van der Waals surface area contributed by atoms with E-state index in [1.54, 1.807) is 7.11 Å². The van der Waals surface area contributed by atoms with Gasteiger partial charge < -0.3 is 9.15 Å². The largest absolute Gasteiger partial charge is 0.462 e. The Morgan fingerprint density at radius 1 is 1.15 bits per heavy atom. The Balaban J connectivity index is 1.62. The average molecular weight is 370 g/mol. The lowest BCUT2D eigenvalue weighted by Gasteiger charge is -2.31. The molecule has 0 saturated carbocycles. The molecule has 1 atom stereocenters. The van der Waals surface area contributed by atoms with E-state index in [9.17, 15) is 4.79 Å². The van der Waals surface area contributed by atoms with Gasteiger partial charge in [-0.25, -0.2) is 0 Å². The Morgan fingerprint density at radius 3 is 2.52 bits per heavy atom. The first-order valence-corrected chi connectivity index (χ1v) is 9.80. The number of carbonyl (C=O) groups excluding carboxylic acids is 1. The first kappa shape index (κ1) is 19.8. The molecule has 0 aliphatic carbocycles. The van der Waals surface area contributed by atoms with Crippen molar-refractivity contribution in [2.75, 3.05) is 20.2 Å². The molecule has 0 bridgehead atoms. The van der Waals surface area contributed by atoms with E-state index in [2.05, 4.69) is 37.8 Å². The van der Waals surface area contributed by atoms with Crippen molar-refractivity contribution in [1.29, 1.82) is 0 Å². The van der Waals surface area contributed by atoms with Crippen LogP contribution in [0.2, 0.25) is 0 Å². The van der Waals surface area contributed by atoms with Crippen LogP contribution in [-0.4, -0.2) is 30.9 Å². The zero-order valence-corrected chi connectivity index (χ0v) is 17.0. The van der Waals surface area contributed by atoms with Crippen LogP contribution in [-0.2, 0) is 23.3 Å². The number of likely N-dealkylation sites (tertiary alicyclic amines) is 1. The highest BCUT2D eigenvalue weighted by atomic mass is 16.5. The molecule has 1 aliphatic heterocycles. The summed E-state index contributed by atoms with van der Waals surface area (Å²) in [5, 5.41) is 0. The Hall–Kier alpha value is -1.91. The number of carbonyl (C=O) groups is 1. The molecular formula is C23H31NO3. The van der Waals surface area contributed by atoms with Crippen LogP contribution in [0.1, 0.15) is 61.1 Å². The Kier molecular flexibility index (Phi) is 6.18. The fourth-order valence-electron chi connectivity index (χ4n) is 3.73. The molecule has 0 N–H and O–H groups in total. The number of hydrogen-bond acceptors (Lipinski definition) is 4. The minimum absolute atomic E-state index is 0.0626. The number of rotatable bonds is 6. The molecule has 0 radical (unpaired) electrons. The van der Waals surface area contributed by atoms with E-state index in [4.69, 9.17) is 9.15 Å². The van der Waals surface area contributed by atoms with Crippen molar-refractivity contribution in [2.24, 2.45) is 5.92 Å². The van der Waals surface area contributed by atoms with Crippen LogP contribution in [0.5, 0.6) is 0 Å². The van der Waals surface area contributed by atoms with E-state index >= 15 is 0 Å². The standard InChI is InChI=1S/C23H31NO3/c1-23(2,3)19-9-7-17(8-10-19)22(25)18-6-5-13-24(14-18)15-20-11-12-21(27-20)16-26-4/h7-12,18H,5-6,13-16H2,1-4H3. The van der Waals surface area contributed by atoms with Gasteiger partial charge in [0.1, 0.15) is 18.1 Å². The van der Waals surface area contributed by atoms with Gasteiger partial charge in [0.25, 0.3) is 0 Å². The van der Waals surface area contributed by atoms with Gasteiger partial charge in [-0.3, -0.25) is 9.69 Å². The van der Waals surface area contributed by atoms with Crippen LogP contribution >= 0.6 is 0 Å². The number of hydrogen-bond donors (Lipinski definition) is 0. The highest BCUT2D eigenvalue weighted by Gasteiger charge is 2.27. The van der Waals surface area contributed by atoms with Crippen LogP contribution in [0.3, 0.4) is 0 Å². The maximum absolute atomic E-state index is 13.0. The first-order chi connectivity index (χ1) is 12.9. The number of piperidine rings is 1. The number of ether oxygens (including phenoxy) is 1. The van der Waals surface area contributed by atoms with E-state index < -0.39 is 0 Å². The molecule has 2 heterocycles. The monoisotopic (exact) mass is 369 g/mol. The third kappa shape index (κ3) is 5.08. The van der Waals surface area contributed by atoms with Crippen molar-refractivity contribution < 1.29 is 13.9 Å². The van der Waals surface area contributed by atoms with Gasteiger partial charge in [-0.1, -0.05) is 45.0 Å². The molecule has 27 heavy (non-hydrogen) atoms. The summed E-state index contributed by atoms with van der Waals surface area (Å²) in [6.45, 7) is 9.61. The summed E-state index contributed by atoms with van der Waals surface area (Å²) in [6.07, 6.45) is 2.01. The number of nitrogens with zero attached hydrogens (tertiary/aromatic N) is 1. The van der Waals surface area contributed by atoms with Crippen molar-refractivity contribution in [3.05, 3.63) is 59.0 Å². The van der Waals surface area contributed by atoms with Crippen LogP contribution in [0, 0.1) is 5.92 Å². The maximum atomic E-state index is 13.0. The van der Waals surface area contributed by atoms with Gasteiger partial charge >= 0.3 is 0 Å². The second-order valence-electron chi connectivity index (χ2n) is 8.57. The van der Waals surface area contributed by atoms with E-state index in [1.165, 1.54) is 5.56 Å². The van der Waals surface area contributed by atoms with Crippen molar-refractivity contribution >= 4 is 5.78 Å². The van der Waals surface area contributed by atoms with Crippen LogP contribution in [0.15, 0.2) is 40.8 Å². The van der Waals surface area contributed by atoms with E-state index in [-0.39, 0.29) is 17.1 Å². The smallest absolute Gasteiger partial charge is 0.167 e. The quantitative estimate of drug-likeness (QED) is 0.685. The van der Waals surface area contributed by atoms with Crippen molar-refractivity contribution in [1.82, 2.24) is 4.90 Å².